The Morgan fingerprint density at radius 3 is 2.13 bits per heavy atom. The van der Waals surface area contributed by atoms with Crippen molar-refractivity contribution in [2.75, 3.05) is 6.61 Å². The van der Waals surface area contributed by atoms with E-state index in [2.05, 4.69) is 30.1 Å². The van der Waals surface area contributed by atoms with Crippen LogP contribution in [0, 0.1) is 27.7 Å². The van der Waals surface area contributed by atoms with Crippen molar-refractivity contribution >= 4 is 22.5 Å². The molecule has 2 aromatic rings. The highest BCUT2D eigenvalue weighted by atomic mass is 32.2. The smallest absolute Gasteiger partial charge is 0.189 e. The molecule has 2 aromatic carbocycles. The van der Waals surface area contributed by atoms with Crippen LogP contribution in [0.3, 0.4) is 0 Å². The van der Waals surface area contributed by atoms with Crippen molar-refractivity contribution in [3.05, 3.63) is 52.6 Å². The van der Waals surface area contributed by atoms with Gasteiger partial charge in [-0.15, -0.1) is 0 Å². The van der Waals surface area contributed by atoms with Crippen molar-refractivity contribution in [3.63, 3.8) is 0 Å². The van der Waals surface area contributed by atoms with Crippen LogP contribution in [0.25, 0.3) is 0 Å². The molecule has 0 amide bonds. The van der Waals surface area contributed by atoms with Gasteiger partial charge in [-0.1, -0.05) is 6.07 Å². The lowest BCUT2D eigenvalue weighted by molar-refractivity contribution is 0.371. The van der Waals surface area contributed by atoms with E-state index in [1.807, 2.05) is 39.0 Å². The second kappa shape index (κ2) is 7.62. The maximum Gasteiger partial charge on any atom is 0.189 e. The minimum Gasteiger partial charge on any atom is -0.287 e. The molecular weight excluding hydrogens is 308 g/mol. The predicted octanol–water partition coefficient (Wildman–Crippen LogP) is 5.39. The van der Waals surface area contributed by atoms with E-state index in [0.717, 1.165) is 22.5 Å². The summed E-state index contributed by atoms with van der Waals surface area (Å²) < 4.78 is 16.9. The van der Waals surface area contributed by atoms with Gasteiger partial charge in [0.05, 0.1) is 22.9 Å². The molecule has 0 aliphatic carbocycles. The summed E-state index contributed by atoms with van der Waals surface area (Å²) in [5, 5.41) is 8.71. The van der Waals surface area contributed by atoms with Crippen molar-refractivity contribution in [1.82, 2.24) is 0 Å². The Morgan fingerprint density at radius 1 is 0.870 bits per heavy atom. The number of hydrogen-bond donors (Lipinski definition) is 0. The Balaban J connectivity index is 2.27. The Morgan fingerprint density at radius 2 is 1.48 bits per heavy atom. The molecular formula is C18H22N2O2S. The van der Waals surface area contributed by atoms with Crippen LogP contribution < -0.4 is 0 Å². The third kappa shape index (κ3) is 4.33. The van der Waals surface area contributed by atoms with E-state index >= 15 is 0 Å². The fourth-order valence-corrected chi connectivity index (χ4v) is 2.98. The first-order chi connectivity index (χ1) is 10.9. The summed E-state index contributed by atoms with van der Waals surface area (Å²) >= 11 is -1.42. The topological polar surface area (TPSA) is 51.0 Å². The minimum absolute atomic E-state index is 0.416. The zero-order valence-corrected chi connectivity index (χ0v) is 15.0. The van der Waals surface area contributed by atoms with Crippen LogP contribution in [0.4, 0.5) is 11.4 Å². The summed E-state index contributed by atoms with van der Waals surface area (Å²) in [6.07, 6.45) is 0. The first kappa shape index (κ1) is 17.5. The minimum atomic E-state index is -1.42. The molecule has 122 valence electrons. The van der Waals surface area contributed by atoms with Crippen LogP contribution in [0.2, 0.25) is 0 Å². The molecule has 23 heavy (non-hydrogen) atoms. The highest BCUT2D eigenvalue weighted by Gasteiger charge is 2.07. The van der Waals surface area contributed by atoms with Gasteiger partial charge in [-0.05, 0) is 81.1 Å². The number of aryl methyl sites for hydroxylation is 4. The Kier molecular flexibility index (Phi) is 5.80. The van der Waals surface area contributed by atoms with Crippen LogP contribution in [-0.4, -0.2) is 10.8 Å². The number of nitrogens with zero attached hydrogens (tertiary/aromatic N) is 2. The van der Waals surface area contributed by atoms with Gasteiger partial charge in [-0.3, -0.25) is 4.18 Å². The van der Waals surface area contributed by atoms with Crippen LogP contribution in [0.15, 0.2) is 45.5 Å². The first-order valence-corrected chi connectivity index (χ1v) is 8.65. The van der Waals surface area contributed by atoms with Gasteiger partial charge in [-0.2, -0.15) is 10.2 Å². The second-order valence-electron chi connectivity index (χ2n) is 5.51. The lowest BCUT2D eigenvalue weighted by atomic mass is 10.1. The number of azo groups is 1. The van der Waals surface area contributed by atoms with Gasteiger partial charge < -0.3 is 0 Å². The molecule has 5 heteroatoms. The van der Waals surface area contributed by atoms with Gasteiger partial charge in [-0.25, -0.2) is 4.21 Å². The average Bonchev–Trinajstić information content (AvgIpc) is 2.50. The van der Waals surface area contributed by atoms with Crippen LogP contribution in [0.1, 0.15) is 29.2 Å². The molecule has 0 aromatic heterocycles. The van der Waals surface area contributed by atoms with Gasteiger partial charge in [0, 0.05) is 0 Å². The van der Waals surface area contributed by atoms with Crippen molar-refractivity contribution in [3.8, 4) is 0 Å². The molecule has 0 aliphatic rings. The van der Waals surface area contributed by atoms with E-state index in [1.165, 1.54) is 11.1 Å². The molecule has 0 radical (unpaired) electrons. The lowest BCUT2D eigenvalue weighted by Crippen LogP contribution is -1.97. The molecule has 1 atom stereocenters. The molecule has 0 heterocycles. The molecule has 0 bridgehead atoms. The number of hydrogen-bond acceptors (Lipinski definition) is 4. The van der Waals surface area contributed by atoms with E-state index in [0.29, 0.717) is 11.5 Å². The van der Waals surface area contributed by atoms with Crippen LogP contribution >= 0.6 is 0 Å². The highest BCUT2D eigenvalue weighted by Crippen LogP contribution is 2.27. The van der Waals surface area contributed by atoms with Gasteiger partial charge >= 0.3 is 0 Å². The summed E-state index contributed by atoms with van der Waals surface area (Å²) in [5.74, 6) is 0. The Labute approximate surface area is 140 Å². The molecule has 0 aliphatic heterocycles. The fraction of sp³-hybridized carbons (Fsp3) is 0.333. The molecule has 0 fully saturated rings. The first-order valence-electron chi connectivity index (χ1n) is 7.57. The van der Waals surface area contributed by atoms with Crippen molar-refractivity contribution < 1.29 is 8.39 Å². The summed E-state index contributed by atoms with van der Waals surface area (Å²) in [5.41, 5.74) is 6.10. The molecule has 0 N–H and O–H groups in total. The zero-order valence-electron chi connectivity index (χ0n) is 14.2. The largest absolute Gasteiger partial charge is 0.287 e. The van der Waals surface area contributed by atoms with Gasteiger partial charge in [0.25, 0.3) is 0 Å². The highest BCUT2D eigenvalue weighted by molar-refractivity contribution is 7.80. The third-order valence-electron chi connectivity index (χ3n) is 3.66. The van der Waals surface area contributed by atoms with E-state index in [1.54, 1.807) is 6.07 Å². The Bertz CT molecular complexity index is 770. The third-order valence-corrected chi connectivity index (χ3v) is 4.75. The molecule has 2 rings (SSSR count). The maximum atomic E-state index is 11.8. The zero-order chi connectivity index (χ0) is 17.0. The molecule has 0 saturated heterocycles. The summed E-state index contributed by atoms with van der Waals surface area (Å²) in [6, 6.07) is 9.57. The van der Waals surface area contributed by atoms with Gasteiger partial charge in [0.1, 0.15) is 0 Å². The van der Waals surface area contributed by atoms with E-state index in [-0.39, 0.29) is 0 Å². The van der Waals surface area contributed by atoms with Crippen molar-refractivity contribution in [2.45, 2.75) is 39.5 Å². The van der Waals surface area contributed by atoms with E-state index < -0.39 is 11.1 Å². The fourth-order valence-electron chi connectivity index (χ4n) is 2.18. The van der Waals surface area contributed by atoms with Gasteiger partial charge in [0.2, 0.25) is 0 Å². The average molecular weight is 330 g/mol. The van der Waals surface area contributed by atoms with Crippen LogP contribution in [0.5, 0.6) is 0 Å². The molecule has 4 nitrogen and oxygen atoms in total. The Hall–Kier alpha value is -1.85. The second-order valence-corrected chi connectivity index (χ2v) is 6.69. The van der Waals surface area contributed by atoms with Crippen molar-refractivity contribution in [2.24, 2.45) is 10.2 Å². The summed E-state index contributed by atoms with van der Waals surface area (Å²) in [6.45, 7) is 10.3. The predicted molar refractivity (Wildman–Crippen MR) is 94.0 cm³/mol. The van der Waals surface area contributed by atoms with E-state index in [9.17, 15) is 4.21 Å². The number of benzene rings is 2. The van der Waals surface area contributed by atoms with Crippen LogP contribution in [-0.2, 0) is 15.3 Å². The maximum absolute atomic E-state index is 11.8. The SMILES string of the molecule is CCOS(=O)c1ccc(N=Nc2cc(C)c(C)cc2C)c(C)c1. The summed E-state index contributed by atoms with van der Waals surface area (Å²) in [7, 11) is 0. The molecule has 0 spiro atoms. The summed E-state index contributed by atoms with van der Waals surface area (Å²) in [4.78, 5) is 0.644. The normalized spacial score (nSPS) is 12.7. The van der Waals surface area contributed by atoms with E-state index in [4.69, 9.17) is 4.18 Å². The lowest BCUT2D eigenvalue weighted by Gasteiger charge is -2.06. The standard InChI is InChI=1S/C18H22N2O2S/c1-6-22-23(21)16-7-8-17(15(5)10-16)19-20-18-11-13(3)12(2)9-14(18)4/h7-11H,6H2,1-5H3. The quantitative estimate of drug-likeness (QED) is 0.690. The van der Waals surface area contributed by atoms with Crippen molar-refractivity contribution in [1.29, 1.82) is 0 Å². The molecule has 1 unspecified atom stereocenters. The monoisotopic (exact) mass is 330 g/mol. The van der Waals surface area contributed by atoms with Gasteiger partial charge in [0.15, 0.2) is 11.1 Å². The number of rotatable bonds is 5. The molecule has 0 saturated carbocycles.